The third-order valence-electron chi connectivity index (χ3n) is 3.53. The minimum atomic E-state index is -0.256. The molecule has 0 bridgehead atoms. The summed E-state index contributed by atoms with van der Waals surface area (Å²) >= 11 is 0. The quantitative estimate of drug-likeness (QED) is 0.858. The second-order valence-electron chi connectivity index (χ2n) is 5.14. The van der Waals surface area contributed by atoms with Crippen molar-refractivity contribution in [2.75, 3.05) is 6.54 Å². The number of H-pyrrole nitrogens is 1. The summed E-state index contributed by atoms with van der Waals surface area (Å²) in [7, 11) is 0. The summed E-state index contributed by atoms with van der Waals surface area (Å²) in [5.74, 6) is -0.243. The van der Waals surface area contributed by atoms with Gasteiger partial charge in [0.15, 0.2) is 0 Å². The van der Waals surface area contributed by atoms with Gasteiger partial charge in [-0.25, -0.2) is 4.39 Å². The molecule has 2 rings (SSSR count). The van der Waals surface area contributed by atoms with E-state index in [2.05, 4.69) is 15.5 Å². The largest absolute Gasteiger partial charge is 0.356 e. The Hall–Kier alpha value is -2.17. The monoisotopic (exact) mass is 289 g/mol. The molecule has 21 heavy (non-hydrogen) atoms. The average molecular weight is 289 g/mol. The maximum absolute atomic E-state index is 12.8. The highest BCUT2D eigenvalue weighted by atomic mass is 19.1. The number of halogens is 1. The lowest BCUT2D eigenvalue weighted by molar-refractivity contribution is -0.121. The first-order valence-electron chi connectivity index (χ1n) is 7.08. The zero-order valence-electron chi connectivity index (χ0n) is 12.4. The minimum absolute atomic E-state index is 0.0122. The van der Waals surface area contributed by atoms with E-state index < -0.39 is 0 Å². The number of aromatic nitrogens is 2. The fourth-order valence-corrected chi connectivity index (χ4v) is 2.27. The van der Waals surface area contributed by atoms with Gasteiger partial charge in [0.2, 0.25) is 5.91 Å². The first-order valence-corrected chi connectivity index (χ1v) is 7.08. The Morgan fingerprint density at radius 1 is 1.24 bits per heavy atom. The Labute approximate surface area is 123 Å². The molecule has 1 aromatic carbocycles. The van der Waals surface area contributed by atoms with Crippen molar-refractivity contribution in [3.05, 3.63) is 52.6 Å². The van der Waals surface area contributed by atoms with Crippen molar-refractivity contribution in [3.63, 3.8) is 0 Å². The summed E-state index contributed by atoms with van der Waals surface area (Å²) in [6, 6.07) is 6.25. The molecule has 0 saturated heterocycles. The van der Waals surface area contributed by atoms with Crippen molar-refractivity contribution < 1.29 is 9.18 Å². The van der Waals surface area contributed by atoms with Gasteiger partial charge in [-0.1, -0.05) is 12.1 Å². The van der Waals surface area contributed by atoms with Crippen LogP contribution in [0.1, 0.15) is 28.9 Å². The molecule has 112 valence electrons. The van der Waals surface area contributed by atoms with Crippen LogP contribution in [0.2, 0.25) is 0 Å². The Balaban J connectivity index is 1.71. The van der Waals surface area contributed by atoms with E-state index in [0.29, 0.717) is 19.4 Å². The number of amides is 1. The van der Waals surface area contributed by atoms with Crippen molar-refractivity contribution in [2.24, 2.45) is 0 Å². The van der Waals surface area contributed by atoms with Crippen LogP contribution in [-0.2, 0) is 17.6 Å². The predicted molar refractivity (Wildman–Crippen MR) is 79.5 cm³/mol. The number of aromatic amines is 1. The molecule has 0 aliphatic carbocycles. The normalized spacial score (nSPS) is 10.6. The molecule has 0 spiro atoms. The van der Waals surface area contributed by atoms with E-state index in [-0.39, 0.29) is 11.7 Å². The molecule has 5 heteroatoms. The molecule has 2 N–H and O–H groups in total. The van der Waals surface area contributed by atoms with Crippen LogP contribution in [-0.4, -0.2) is 22.6 Å². The molecule has 1 heterocycles. The number of carbonyl (C=O) groups excluding carboxylic acids is 1. The summed E-state index contributed by atoms with van der Waals surface area (Å²) in [6.07, 6.45) is 1.81. The lowest BCUT2D eigenvalue weighted by Crippen LogP contribution is -2.26. The first-order chi connectivity index (χ1) is 10.1. The molecule has 0 unspecified atom stereocenters. The molecule has 0 saturated carbocycles. The Bertz CT molecular complexity index is 585. The van der Waals surface area contributed by atoms with Crippen LogP contribution in [0.3, 0.4) is 0 Å². The first kappa shape index (κ1) is 15.2. The van der Waals surface area contributed by atoms with Gasteiger partial charge < -0.3 is 5.32 Å². The molecule has 0 aliphatic rings. The maximum Gasteiger partial charge on any atom is 0.220 e. The van der Waals surface area contributed by atoms with Crippen molar-refractivity contribution in [1.82, 2.24) is 15.5 Å². The number of rotatable bonds is 6. The van der Waals surface area contributed by atoms with Crippen molar-refractivity contribution in [2.45, 2.75) is 33.1 Å². The number of nitrogens with zero attached hydrogens (tertiary/aromatic N) is 1. The van der Waals surface area contributed by atoms with Crippen LogP contribution in [0.15, 0.2) is 24.3 Å². The molecule has 0 aliphatic heterocycles. The van der Waals surface area contributed by atoms with Gasteiger partial charge in [-0.2, -0.15) is 5.10 Å². The zero-order chi connectivity index (χ0) is 15.2. The molecule has 0 radical (unpaired) electrons. The van der Waals surface area contributed by atoms with E-state index in [1.807, 2.05) is 13.8 Å². The lowest BCUT2D eigenvalue weighted by atomic mass is 10.1. The van der Waals surface area contributed by atoms with E-state index in [1.54, 1.807) is 12.1 Å². The number of nitrogens with one attached hydrogen (secondary N) is 2. The summed E-state index contributed by atoms with van der Waals surface area (Å²) < 4.78 is 12.8. The smallest absolute Gasteiger partial charge is 0.220 e. The third kappa shape index (κ3) is 4.41. The number of benzene rings is 1. The highest BCUT2D eigenvalue weighted by Crippen LogP contribution is 2.09. The van der Waals surface area contributed by atoms with Gasteiger partial charge in [-0.3, -0.25) is 9.89 Å². The van der Waals surface area contributed by atoms with Gasteiger partial charge in [-0.15, -0.1) is 0 Å². The second kappa shape index (κ2) is 7.02. The van der Waals surface area contributed by atoms with Gasteiger partial charge in [0.05, 0.1) is 5.69 Å². The summed E-state index contributed by atoms with van der Waals surface area (Å²) in [5.41, 5.74) is 4.16. The number of hydrogen-bond acceptors (Lipinski definition) is 2. The summed E-state index contributed by atoms with van der Waals surface area (Å²) in [4.78, 5) is 11.8. The molecular formula is C16H20FN3O. The van der Waals surface area contributed by atoms with Crippen LogP contribution in [0.5, 0.6) is 0 Å². The maximum atomic E-state index is 12.8. The predicted octanol–water partition coefficient (Wildman–Crippen LogP) is 2.46. The minimum Gasteiger partial charge on any atom is -0.356 e. The van der Waals surface area contributed by atoms with E-state index in [4.69, 9.17) is 0 Å². The topological polar surface area (TPSA) is 57.8 Å². The van der Waals surface area contributed by atoms with Crippen LogP contribution in [0, 0.1) is 19.7 Å². The van der Waals surface area contributed by atoms with Crippen molar-refractivity contribution in [3.8, 4) is 0 Å². The highest BCUT2D eigenvalue weighted by Gasteiger charge is 2.07. The number of aryl methyl sites for hydroxylation is 3. The summed E-state index contributed by atoms with van der Waals surface area (Å²) in [6.45, 7) is 4.53. The average Bonchev–Trinajstić information content (AvgIpc) is 2.78. The van der Waals surface area contributed by atoms with E-state index >= 15 is 0 Å². The Kier molecular flexibility index (Phi) is 5.09. The SMILES string of the molecule is Cc1n[nH]c(C)c1CCNC(=O)CCc1ccc(F)cc1. The third-order valence-corrected chi connectivity index (χ3v) is 3.53. The van der Waals surface area contributed by atoms with Gasteiger partial charge in [0.1, 0.15) is 5.82 Å². The molecule has 1 aromatic heterocycles. The zero-order valence-corrected chi connectivity index (χ0v) is 12.4. The fraction of sp³-hybridized carbons (Fsp3) is 0.375. The van der Waals surface area contributed by atoms with Gasteiger partial charge in [-0.05, 0) is 49.9 Å². The van der Waals surface area contributed by atoms with Crippen LogP contribution in [0.25, 0.3) is 0 Å². The second-order valence-corrected chi connectivity index (χ2v) is 5.14. The van der Waals surface area contributed by atoms with E-state index in [0.717, 1.165) is 28.9 Å². The summed E-state index contributed by atoms with van der Waals surface area (Å²) in [5, 5.41) is 9.96. The lowest BCUT2D eigenvalue weighted by Gasteiger charge is -2.06. The number of carbonyl (C=O) groups is 1. The molecule has 2 aromatic rings. The fourth-order valence-electron chi connectivity index (χ4n) is 2.27. The van der Waals surface area contributed by atoms with Gasteiger partial charge in [0, 0.05) is 18.7 Å². The van der Waals surface area contributed by atoms with Gasteiger partial charge in [0.25, 0.3) is 0 Å². The van der Waals surface area contributed by atoms with Crippen LogP contribution < -0.4 is 5.32 Å². The van der Waals surface area contributed by atoms with Crippen LogP contribution in [0.4, 0.5) is 4.39 Å². The highest BCUT2D eigenvalue weighted by molar-refractivity contribution is 5.76. The van der Waals surface area contributed by atoms with Gasteiger partial charge >= 0.3 is 0 Å². The van der Waals surface area contributed by atoms with Crippen molar-refractivity contribution >= 4 is 5.91 Å². The molecule has 4 nitrogen and oxygen atoms in total. The molecule has 1 amide bonds. The standard InChI is InChI=1S/C16H20FN3O/c1-11-15(12(2)20-19-11)9-10-18-16(21)8-5-13-3-6-14(17)7-4-13/h3-4,6-7H,5,8-10H2,1-2H3,(H,18,21)(H,19,20). The van der Waals surface area contributed by atoms with Crippen LogP contribution >= 0.6 is 0 Å². The number of hydrogen-bond donors (Lipinski definition) is 2. The van der Waals surface area contributed by atoms with E-state index in [9.17, 15) is 9.18 Å². The molecule has 0 fully saturated rings. The Morgan fingerprint density at radius 3 is 2.57 bits per heavy atom. The van der Waals surface area contributed by atoms with Crippen molar-refractivity contribution in [1.29, 1.82) is 0 Å². The van der Waals surface area contributed by atoms with E-state index in [1.165, 1.54) is 12.1 Å². The Morgan fingerprint density at radius 2 is 1.95 bits per heavy atom. The molecular weight excluding hydrogens is 269 g/mol. The molecule has 0 atom stereocenters.